The van der Waals surface area contributed by atoms with Gasteiger partial charge in [-0.05, 0) is 36.8 Å². The summed E-state index contributed by atoms with van der Waals surface area (Å²) < 4.78 is 0. The van der Waals surface area contributed by atoms with E-state index in [4.69, 9.17) is 11.6 Å². The second-order valence-electron chi connectivity index (χ2n) is 4.75. The Balaban J connectivity index is 1.90. The van der Waals surface area contributed by atoms with Crippen LogP contribution in [0.25, 0.3) is 11.0 Å². The maximum atomic E-state index is 9.27. The van der Waals surface area contributed by atoms with Crippen molar-refractivity contribution in [2.24, 2.45) is 5.10 Å². The second kappa shape index (κ2) is 5.88. The van der Waals surface area contributed by atoms with E-state index >= 15 is 0 Å². The van der Waals surface area contributed by atoms with Gasteiger partial charge in [0.1, 0.15) is 6.07 Å². The number of hydrogen-bond acceptors (Lipinski definition) is 4. The summed E-state index contributed by atoms with van der Waals surface area (Å²) >= 11 is 6.06. The first kappa shape index (κ1) is 14.1. The van der Waals surface area contributed by atoms with Gasteiger partial charge in [0.05, 0.1) is 16.7 Å². The molecule has 2 N–H and O–H groups in total. The Kier molecular flexibility index (Phi) is 3.77. The first-order valence-electron chi connectivity index (χ1n) is 6.62. The highest BCUT2D eigenvalue weighted by molar-refractivity contribution is 6.31. The highest BCUT2D eigenvalue weighted by atomic mass is 35.5. The smallest absolute Gasteiger partial charge is 0.203 e. The van der Waals surface area contributed by atoms with Crippen LogP contribution in [0.1, 0.15) is 11.4 Å². The van der Waals surface area contributed by atoms with E-state index in [1.54, 1.807) is 6.07 Å². The molecule has 6 heteroatoms. The lowest BCUT2D eigenvalue weighted by Gasteiger charge is -2.03. The second-order valence-corrected chi connectivity index (χ2v) is 5.16. The standard InChI is InChI=1S/C16H12ClN5/c1-10-6-7-11(8-12(10)17)21-22-15(9-18)16-19-13-4-2-3-5-14(13)20-16/h2-8,21H,1H3,(H,19,20)/b22-15+. The summed E-state index contributed by atoms with van der Waals surface area (Å²) in [4.78, 5) is 7.43. The number of nitrogens with one attached hydrogen (secondary N) is 2. The summed E-state index contributed by atoms with van der Waals surface area (Å²) in [6.45, 7) is 1.92. The molecule has 0 unspecified atom stereocenters. The number of H-pyrrole nitrogens is 1. The largest absolute Gasteiger partial charge is 0.336 e. The van der Waals surface area contributed by atoms with Crippen LogP contribution in [-0.2, 0) is 0 Å². The number of imidazole rings is 1. The number of hydrazone groups is 1. The number of hydrogen-bond donors (Lipinski definition) is 2. The average Bonchev–Trinajstić information content (AvgIpc) is 2.95. The molecule has 0 radical (unpaired) electrons. The predicted molar refractivity (Wildman–Crippen MR) is 88.1 cm³/mol. The fourth-order valence-electron chi connectivity index (χ4n) is 1.98. The van der Waals surface area contributed by atoms with E-state index in [9.17, 15) is 5.26 Å². The van der Waals surface area contributed by atoms with E-state index in [1.807, 2.05) is 49.4 Å². The molecule has 0 aliphatic carbocycles. The Morgan fingerprint density at radius 1 is 1.32 bits per heavy atom. The zero-order chi connectivity index (χ0) is 15.5. The first-order chi connectivity index (χ1) is 10.7. The molecule has 22 heavy (non-hydrogen) atoms. The van der Waals surface area contributed by atoms with Crippen molar-refractivity contribution in [1.29, 1.82) is 5.26 Å². The van der Waals surface area contributed by atoms with Crippen molar-refractivity contribution in [3.8, 4) is 6.07 Å². The third-order valence-electron chi connectivity index (χ3n) is 3.19. The molecular formula is C16H12ClN5. The predicted octanol–water partition coefficient (Wildman–Crippen LogP) is 3.86. The van der Waals surface area contributed by atoms with Gasteiger partial charge in [-0.25, -0.2) is 4.98 Å². The minimum Gasteiger partial charge on any atom is -0.336 e. The van der Waals surface area contributed by atoms with Crippen LogP contribution in [0.3, 0.4) is 0 Å². The Labute approximate surface area is 132 Å². The number of anilines is 1. The average molecular weight is 310 g/mol. The molecule has 0 saturated heterocycles. The van der Waals surface area contributed by atoms with Crippen LogP contribution < -0.4 is 5.43 Å². The summed E-state index contributed by atoms with van der Waals surface area (Å²) in [5, 5.41) is 14.0. The van der Waals surface area contributed by atoms with Gasteiger partial charge in [0.25, 0.3) is 0 Å². The minimum absolute atomic E-state index is 0.174. The molecule has 0 aliphatic heterocycles. The van der Waals surface area contributed by atoms with Crippen LogP contribution in [0, 0.1) is 18.3 Å². The van der Waals surface area contributed by atoms with E-state index in [1.165, 1.54) is 0 Å². The lowest BCUT2D eigenvalue weighted by molar-refractivity contribution is 1.25. The molecule has 0 amide bonds. The van der Waals surface area contributed by atoms with Crippen LogP contribution >= 0.6 is 11.6 Å². The monoisotopic (exact) mass is 309 g/mol. The van der Waals surface area contributed by atoms with Crippen LogP contribution in [0.15, 0.2) is 47.6 Å². The molecule has 108 valence electrons. The Bertz CT molecular complexity index is 871. The summed E-state index contributed by atoms with van der Waals surface area (Å²) in [6, 6.07) is 15.1. The summed E-state index contributed by atoms with van der Waals surface area (Å²) in [5.74, 6) is 0.425. The quantitative estimate of drug-likeness (QED) is 0.569. The molecular weight excluding hydrogens is 298 g/mol. The van der Waals surface area contributed by atoms with Gasteiger partial charge in [-0.1, -0.05) is 29.8 Å². The van der Waals surface area contributed by atoms with Crippen LogP contribution in [0.2, 0.25) is 5.02 Å². The highest BCUT2D eigenvalue weighted by Crippen LogP contribution is 2.20. The number of aromatic amines is 1. The van der Waals surface area contributed by atoms with Crippen molar-refractivity contribution in [3.63, 3.8) is 0 Å². The maximum absolute atomic E-state index is 9.27. The zero-order valence-electron chi connectivity index (χ0n) is 11.8. The van der Waals surface area contributed by atoms with E-state index in [2.05, 4.69) is 20.5 Å². The molecule has 1 aromatic heterocycles. The van der Waals surface area contributed by atoms with Crippen molar-refractivity contribution in [2.45, 2.75) is 6.92 Å². The van der Waals surface area contributed by atoms with Gasteiger partial charge in [-0.15, -0.1) is 0 Å². The van der Waals surface area contributed by atoms with Gasteiger partial charge in [0.2, 0.25) is 5.71 Å². The van der Waals surface area contributed by atoms with Crippen LogP contribution in [-0.4, -0.2) is 15.7 Å². The van der Waals surface area contributed by atoms with E-state index in [0.717, 1.165) is 16.6 Å². The third-order valence-corrected chi connectivity index (χ3v) is 3.60. The third kappa shape index (κ3) is 2.78. The molecule has 3 aromatic rings. The zero-order valence-corrected chi connectivity index (χ0v) is 12.5. The number of para-hydroxylation sites is 2. The fourth-order valence-corrected chi connectivity index (χ4v) is 2.16. The van der Waals surface area contributed by atoms with Crippen LogP contribution in [0.5, 0.6) is 0 Å². The van der Waals surface area contributed by atoms with Gasteiger partial charge in [-0.2, -0.15) is 10.4 Å². The number of fused-ring (bicyclic) bond motifs is 1. The number of benzene rings is 2. The molecule has 0 spiro atoms. The van der Waals surface area contributed by atoms with Gasteiger partial charge in [0, 0.05) is 5.02 Å². The summed E-state index contributed by atoms with van der Waals surface area (Å²) in [7, 11) is 0. The molecule has 0 atom stereocenters. The van der Waals surface area contributed by atoms with E-state index < -0.39 is 0 Å². The van der Waals surface area contributed by atoms with Gasteiger partial charge in [0.15, 0.2) is 5.82 Å². The molecule has 0 aliphatic rings. The van der Waals surface area contributed by atoms with Gasteiger partial charge >= 0.3 is 0 Å². The van der Waals surface area contributed by atoms with Crippen molar-refractivity contribution in [2.75, 3.05) is 5.43 Å². The maximum Gasteiger partial charge on any atom is 0.203 e. The fraction of sp³-hybridized carbons (Fsp3) is 0.0625. The van der Waals surface area contributed by atoms with E-state index in [-0.39, 0.29) is 5.71 Å². The molecule has 0 saturated carbocycles. The molecule has 3 rings (SSSR count). The number of aryl methyl sites for hydroxylation is 1. The summed E-state index contributed by atoms with van der Waals surface area (Å²) in [5.41, 5.74) is 6.34. The van der Waals surface area contributed by atoms with Gasteiger partial charge in [-0.3, -0.25) is 5.43 Å². The number of aromatic nitrogens is 2. The number of nitriles is 1. The molecule has 2 aromatic carbocycles. The Morgan fingerprint density at radius 2 is 2.14 bits per heavy atom. The van der Waals surface area contributed by atoms with Crippen molar-refractivity contribution < 1.29 is 0 Å². The topological polar surface area (TPSA) is 76.9 Å². The van der Waals surface area contributed by atoms with Crippen LogP contribution in [0.4, 0.5) is 5.69 Å². The minimum atomic E-state index is 0.174. The SMILES string of the molecule is Cc1ccc(N/N=C(\C#N)c2nc3ccccc3[nH]2)cc1Cl. The molecule has 0 bridgehead atoms. The Morgan fingerprint density at radius 3 is 2.86 bits per heavy atom. The van der Waals surface area contributed by atoms with Crippen molar-refractivity contribution in [1.82, 2.24) is 9.97 Å². The molecule has 1 heterocycles. The normalized spacial score (nSPS) is 11.4. The van der Waals surface area contributed by atoms with Gasteiger partial charge < -0.3 is 4.98 Å². The van der Waals surface area contributed by atoms with E-state index in [0.29, 0.717) is 16.5 Å². The number of nitrogens with zero attached hydrogens (tertiary/aromatic N) is 3. The number of rotatable bonds is 3. The lowest BCUT2D eigenvalue weighted by Crippen LogP contribution is -2.04. The van der Waals surface area contributed by atoms with Crippen molar-refractivity contribution >= 4 is 34.0 Å². The highest BCUT2D eigenvalue weighted by Gasteiger charge is 2.09. The first-order valence-corrected chi connectivity index (χ1v) is 7.00. The number of halogens is 1. The molecule has 5 nitrogen and oxygen atoms in total. The lowest BCUT2D eigenvalue weighted by atomic mass is 10.2. The Hall–Kier alpha value is -2.84. The molecule has 0 fully saturated rings. The van der Waals surface area contributed by atoms with Crippen molar-refractivity contribution in [3.05, 3.63) is 58.9 Å². The summed E-state index contributed by atoms with van der Waals surface area (Å²) in [6.07, 6.45) is 0.